The van der Waals surface area contributed by atoms with Crippen molar-refractivity contribution in [2.24, 2.45) is 0 Å². The Morgan fingerprint density at radius 3 is 2.63 bits per heavy atom. The molecule has 0 atom stereocenters. The van der Waals surface area contributed by atoms with Crippen molar-refractivity contribution >= 4 is 33.1 Å². The zero-order valence-electron chi connectivity index (χ0n) is 11.0. The van der Waals surface area contributed by atoms with Crippen LogP contribution in [0.2, 0.25) is 0 Å². The van der Waals surface area contributed by atoms with Gasteiger partial charge >= 0.3 is 0 Å². The Morgan fingerprint density at radius 2 is 2.00 bits per heavy atom. The summed E-state index contributed by atoms with van der Waals surface area (Å²) in [5.74, 6) is 0.774. The molecule has 0 aliphatic carbocycles. The van der Waals surface area contributed by atoms with E-state index in [0.717, 1.165) is 22.4 Å². The summed E-state index contributed by atoms with van der Waals surface area (Å²) in [5.41, 5.74) is 8.71. The van der Waals surface area contributed by atoms with Crippen molar-refractivity contribution in [3.63, 3.8) is 0 Å². The van der Waals surface area contributed by atoms with Crippen LogP contribution in [0.4, 0.5) is 17.2 Å². The fourth-order valence-electron chi connectivity index (χ4n) is 1.82. The molecule has 1 heterocycles. The minimum absolute atomic E-state index is 0.646. The quantitative estimate of drug-likeness (QED) is 0.852. The first-order valence-corrected chi connectivity index (χ1v) is 7.25. The second-order valence-corrected chi connectivity index (χ2v) is 5.38. The van der Waals surface area contributed by atoms with Crippen LogP contribution in [0.25, 0.3) is 0 Å². The van der Waals surface area contributed by atoms with Crippen LogP contribution < -0.4 is 11.1 Å². The van der Waals surface area contributed by atoms with Gasteiger partial charge < -0.3 is 11.1 Å². The molecule has 1 aromatic carbocycles. The van der Waals surface area contributed by atoms with E-state index in [0.29, 0.717) is 5.69 Å². The molecule has 3 N–H and O–H groups in total. The smallest absolute Gasteiger partial charge is 0.144 e. The maximum atomic E-state index is 5.67. The van der Waals surface area contributed by atoms with Crippen LogP contribution in [0.1, 0.15) is 25.3 Å². The number of anilines is 3. The number of aromatic nitrogens is 1. The third-order valence-corrected chi connectivity index (χ3v) is 3.50. The summed E-state index contributed by atoms with van der Waals surface area (Å²) in [5, 5.41) is 3.27. The maximum absolute atomic E-state index is 5.67. The third kappa shape index (κ3) is 3.96. The van der Waals surface area contributed by atoms with Crippen molar-refractivity contribution in [3.8, 4) is 0 Å². The largest absolute Gasteiger partial charge is 0.397 e. The molecular weight excluding hydrogens is 302 g/mol. The zero-order valence-corrected chi connectivity index (χ0v) is 12.6. The summed E-state index contributed by atoms with van der Waals surface area (Å²) in [6.07, 6.45) is 5.24. The van der Waals surface area contributed by atoms with Gasteiger partial charge in [-0.2, -0.15) is 0 Å². The van der Waals surface area contributed by atoms with Gasteiger partial charge in [-0.25, -0.2) is 4.98 Å². The number of unbranched alkanes of at least 4 members (excludes halogenated alkanes) is 1. The van der Waals surface area contributed by atoms with Gasteiger partial charge in [0.05, 0.1) is 16.4 Å². The topological polar surface area (TPSA) is 50.9 Å². The molecule has 0 unspecified atom stereocenters. The van der Waals surface area contributed by atoms with Gasteiger partial charge in [-0.1, -0.05) is 25.5 Å². The van der Waals surface area contributed by atoms with E-state index in [9.17, 15) is 0 Å². The lowest BCUT2D eigenvalue weighted by Crippen LogP contribution is -1.96. The normalized spacial score (nSPS) is 10.4. The number of hydrogen-bond donors (Lipinski definition) is 2. The summed E-state index contributed by atoms with van der Waals surface area (Å²) in [7, 11) is 0. The molecule has 1 aromatic heterocycles. The van der Waals surface area contributed by atoms with Crippen molar-refractivity contribution in [1.29, 1.82) is 0 Å². The molecule has 4 heteroatoms. The standard InChI is InChI=1S/C15H18BrN3/c1-2-3-4-11-5-7-13(8-6-11)19-15-14(16)9-12(17)10-18-15/h5-10H,2-4,17H2,1H3,(H,18,19). The highest BCUT2D eigenvalue weighted by atomic mass is 79.9. The number of nitrogens with one attached hydrogen (secondary N) is 1. The second-order valence-electron chi connectivity index (χ2n) is 4.52. The van der Waals surface area contributed by atoms with Crippen molar-refractivity contribution in [2.45, 2.75) is 26.2 Å². The average Bonchev–Trinajstić information content (AvgIpc) is 2.41. The van der Waals surface area contributed by atoms with Gasteiger partial charge in [-0.3, -0.25) is 0 Å². The molecule has 0 radical (unpaired) electrons. The first-order valence-electron chi connectivity index (χ1n) is 6.46. The third-order valence-electron chi connectivity index (χ3n) is 2.90. The molecule has 2 aromatic rings. The summed E-state index contributed by atoms with van der Waals surface area (Å²) in [6, 6.07) is 10.3. The molecule has 0 saturated carbocycles. The van der Waals surface area contributed by atoms with Crippen molar-refractivity contribution in [1.82, 2.24) is 4.98 Å². The molecule has 0 amide bonds. The predicted octanol–water partition coefficient (Wildman–Crippen LogP) is 4.51. The van der Waals surface area contributed by atoms with Crippen LogP contribution in [0.15, 0.2) is 41.0 Å². The van der Waals surface area contributed by atoms with E-state index in [1.54, 1.807) is 6.20 Å². The van der Waals surface area contributed by atoms with Crippen LogP contribution >= 0.6 is 15.9 Å². The Labute approximate surface area is 122 Å². The minimum Gasteiger partial charge on any atom is -0.397 e. The van der Waals surface area contributed by atoms with Crippen LogP contribution in [0.5, 0.6) is 0 Å². The number of nitrogen functional groups attached to an aromatic ring is 1. The van der Waals surface area contributed by atoms with Gasteiger partial charge in [0.1, 0.15) is 5.82 Å². The Morgan fingerprint density at radius 1 is 1.26 bits per heavy atom. The predicted molar refractivity (Wildman–Crippen MR) is 84.7 cm³/mol. The SMILES string of the molecule is CCCCc1ccc(Nc2ncc(N)cc2Br)cc1. The first kappa shape index (κ1) is 13.9. The van der Waals surface area contributed by atoms with Crippen LogP contribution in [0, 0.1) is 0 Å². The van der Waals surface area contributed by atoms with E-state index in [-0.39, 0.29) is 0 Å². The lowest BCUT2D eigenvalue weighted by Gasteiger charge is -2.09. The lowest BCUT2D eigenvalue weighted by molar-refractivity contribution is 0.795. The van der Waals surface area contributed by atoms with Crippen LogP contribution in [-0.2, 0) is 6.42 Å². The molecule has 0 aliphatic rings. The number of benzene rings is 1. The number of rotatable bonds is 5. The highest BCUT2D eigenvalue weighted by molar-refractivity contribution is 9.10. The number of nitrogens with two attached hydrogens (primary N) is 1. The van der Waals surface area contributed by atoms with Crippen LogP contribution in [0.3, 0.4) is 0 Å². The molecule has 0 fully saturated rings. The van der Waals surface area contributed by atoms with E-state index in [2.05, 4.69) is 57.4 Å². The average molecular weight is 320 g/mol. The second kappa shape index (κ2) is 6.57. The van der Waals surface area contributed by atoms with Gasteiger partial charge in [0.25, 0.3) is 0 Å². The van der Waals surface area contributed by atoms with Crippen molar-refractivity contribution in [3.05, 3.63) is 46.6 Å². The number of pyridine rings is 1. The summed E-state index contributed by atoms with van der Waals surface area (Å²) >= 11 is 3.45. The van der Waals surface area contributed by atoms with Gasteiger partial charge in [0.2, 0.25) is 0 Å². The van der Waals surface area contributed by atoms with Gasteiger partial charge in [0, 0.05) is 5.69 Å². The fourth-order valence-corrected chi connectivity index (χ4v) is 2.28. The number of hydrogen-bond acceptors (Lipinski definition) is 3. The fraction of sp³-hybridized carbons (Fsp3) is 0.267. The van der Waals surface area contributed by atoms with Gasteiger partial charge in [-0.15, -0.1) is 0 Å². The van der Waals surface area contributed by atoms with E-state index in [4.69, 9.17) is 5.73 Å². The summed E-state index contributed by atoms with van der Waals surface area (Å²) in [4.78, 5) is 4.26. The molecule has 0 aliphatic heterocycles. The molecule has 0 saturated heterocycles. The van der Waals surface area contributed by atoms with Crippen molar-refractivity contribution in [2.75, 3.05) is 11.1 Å². The summed E-state index contributed by atoms with van der Waals surface area (Å²) in [6.45, 7) is 2.21. The van der Waals surface area contributed by atoms with E-state index in [1.165, 1.54) is 18.4 Å². The molecule has 0 spiro atoms. The first-order chi connectivity index (χ1) is 9.19. The highest BCUT2D eigenvalue weighted by Crippen LogP contribution is 2.25. The van der Waals surface area contributed by atoms with Gasteiger partial charge in [0.15, 0.2) is 0 Å². The van der Waals surface area contributed by atoms with Gasteiger partial charge in [-0.05, 0) is 52.5 Å². The Kier molecular flexibility index (Phi) is 4.80. The van der Waals surface area contributed by atoms with E-state index >= 15 is 0 Å². The Hall–Kier alpha value is -1.55. The number of nitrogens with zero attached hydrogens (tertiary/aromatic N) is 1. The molecular formula is C15H18BrN3. The van der Waals surface area contributed by atoms with Crippen LogP contribution in [-0.4, -0.2) is 4.98 Å². The lowest BCUT2D eigenvalue weighted by atomic mass is 10.1. The molecule has 3 nitrogen and oxygen atoms in total. The monoisotopic (exact) mass is 319 g/mol. The Bertz CT molecular complexity index is 538. The highest BCUT2D eigenvalue weighted by Gasteiger charge is 2.02. The number of aryl methyl sites for hydroxylation is 1. The maximum Gasteiger partial charge on any atom is 0.144 e. The summed E-state index contributed by atoms with van der Waals surface area (Å²) < 4.78 is 0.863. The molecule has 2 rings (SSSR count). The minimum atomic E-state index is 0.646. The molecule has 100 valence electrons. The molecule has 0 bridgehead atoms. The van der Waals surface area contributed by atoms with E-state index < -0.39 is 0 Å². The molecule has 19 heavy (non-hydrogen) atoms. The number of halogens is 1. The zero-order chi connectivity index (χ0) is 13.7. The van der Waals surface area contributed by atoms with Crippen molar-refractivity contribution < 1.29 is 0 Å². The van der Waals surface area contributed by atoms with E-state index in [1.807, 2.05) is 6.07 Å². The Balaban J connectivity index is 2.06.